The van der Waals surface area contributed by atoms with Crippen LogP contribution in [0.15, 0.2) is 29.1 Å². The fraction of sp³-hybridized carbons (Fsp3) is 0.452. The van der Waals surface area contributed by atoms with Gasteiger partial charge in [0.05, 0.1) is 5.56 Å². The number of amides is 3. The van der Waals surface area contributed by atoms with E-state index < -0.39 is 91.8 Å². The Morgan fingerprint density at radius 1 is 0.800 bits per heavy atom. The van der Waals surface area contributed by atoms with Gasteiger partial charge in [-0.25, -0.2) is 14.4 Å². The van der Waals surface area contributed by atoms with Crippen LogP contribution in [-0.2, 0) is 41.6 Å². The van der Waals surface area contributed by atoms with E-state index in [2.05, 4.69) is 31.2 Å². The molecule has 0 bridgehead atoms. The molecule has 0 radical (unpaired) electrons. The van der Waals surface area contributed by atoms with Crippen molar-refractivity contribution in [1.29, 1.82) is 0 Å². The summed E-state index contributed by atoms with van der Waals surface area (Å²) in [6.07, 6.45) is -0.824. The summed E-state index contributed by atoms with van der Waals surface area (Å²) < 4.78 is 0. The molecule has 19 heteroatoms. The van der Waals surface area contributed by atoms with E-state index in [-0.39, 0.29) is 29.4 Å². The molecule has 0 spiro atoms. The van der Waals surface area contributed by atoms with Crippen molar-refractivity contribution in [3.63, 3.8) is 0 Å². The number of carboxylic acids is 4. The van der Waals surface area contributed by atoms with Gasteiger partial charge in [-0.1, -0.05) is 12.1 Å². The first-order valence-electron chi connectivity index (χ1n) is 15.6. The van der Waals surface area contributed by atoms with Gasteiger partial charge in [0.1, 0.15) is 23.9 Å². The Balaban J connectivity index is 1.46. The van der Waals surface area contributed by atoms with E-state index >= 15 is 0 Å². The number of nitrogens with zero attached hydrogens (tertiary/aromatic N) is 1. The minimum absolute atomic E-state index is 0.0405. The first kappa shape index (κ1) is 38.4. The summed E-state index contributed by atoms with van der Waals surface area (Å²) in [4.78, 5) is 102. The smallest absolute Gasteiger partial charge is 0.326 e. The zero-order chi connectivity index (χ0) is 37.0. The predicted octanol–water partition coefficient (Wildman–Crippen LogP) is -0.684. The van der Waals surface area contributed by atoms with E-state index in [1.165, 1.54) is 12.1 Å². The number of anilines is 2. The maximum atomic E-state index is 12.8. The van der Waals surface area contributed by atoms with Crippen LogP contribution in [0.2, 0.25) is 0 Å². The van der Waals surface area contributed by atoms with Gasteiger partial charge in [-0.3, -0.25) is 29.0 Å². The van der Waals surface area contributed by atoms with Crippen LogP contribution in [-0.4, -0.2) is 96.7 Å². The molecule has 1 aromatic heterocycles. The number of benzene rings is 1. The molecule has 2 heterocycles. The lowest BCUT2D eigenvalue weighted by molar-refractivity contribution is -0.144. The lowest BCUT2D eigenvalue weighted by Crippen LogP contribution is -2.45. The molecular formula is C31H39N7O12. The summed E-state index contributed by atoms with van der Waals surface area (Å²) >= 11 is 0. The quantitative estimate of drug-likeness (QED) is 0.0867. The molecule has 1 aliphatic heterocycles. The number of rotatable bonds is 19. The highest BCUT2D eigenvalue weighted by Crippen LogP contribution is 2.23. The van der Waals surface area contributed by atoms with Crippen LogP contribution in [0.1, 0.15) is 66.4 Å². The van der Waals surface area contributed by atoms with E-state index in [0.29, 0.717) is 30.8 Å². The van der Waals surface area contributed by atoms with Gasteiger partial charge in [0.25, 0.3) is 11.5 Å². The SMILES string of the molecule is Nc1nc2c(c(=O)[nH]1)C[C@@H](CCc1ccc(C(=O)N[C@@H](CCC(=O)N[C@@H](CCC(=O)N[C@@H](CCC(=O)O)C(=O)O)C(=O)O)C(=O)O)cc1)CN2. The summed E-state index contributed by atoms with van der Waals surface area (Å²) in [5.74, 6) is -7.44. The first-order valence-corrected chi connectivity index (χ1v) is 15.6. The molecule has 0 saturated carbocycles. The van der Waals surface area contributed by atoms with Gasteiger partial charge < -0.3 is 47.4 Å². The minimum Gasteiger partial charge on any atom is -0.481 e. The third-order valence-corrected chi connectivity index (χ3v) is 7.98. The lowest BCUT2D eigenvalue weighted by atomic mass is 9.91. The number of nitrogens with one attached hydrogen (secondary N) is 5. The van der Waals surface area contributed by atoms with Crippen LogP contribution in [0.25, 0.3) is 0 Å². The van der Waals surface area contributed by atoms with E-state index in [0.717, 1.165) is 12.0 Å². The number of carboxylic acid groups (broad SMARTS) is 4. The average molecular weight is 702 g/mol. The Kier molecular flexibility index (Phi) is 13.8. The number of aromatic amines is 1. The number of fused-ring (bicyclic) bond motifs is 1. The number of H-pyrrole nitrogens is 1. The number of aliphatic carboxylic acids is 4. The first-order chi connectivity index (χ1) is 23.6. The Bertz CT molecular complexity index is 1660. The zero-order valence-corrected chi connectivity index (χ0v) is 26.8. The summed E-state index contributed by atoms with van der Waals surface area (Å²) in [5.41, 5.74) is 6.93. The van der Waals surface area contributed by atoms with E-state index in [4.69, 9.17) is 15.9 Å². The molecule has 3 rings (SSSR count). The second kappa shape index (κ2) is 17.9. The molecule has 50 heavy (non-hydrogen) atoms. The number of aryl methyl sites for hydroxylation is 1. The standard InChI is InChI=1S/C31H39N7O12/c32-31-37-25-18(27(44)38-31)13-16(14-33-25)2-1-15-3-5-17(6-4-15)26(43)36-21(30(49)50)8-11-23(40)34-19(28(45)46)7-10-22(39)35-20(29(47)48)9-12-24(41)42/h3-6,16,19-21H,1-2,7-14H2,(H,34,40)(H,35,39)(H,36,43)(H,41,42)(H,45,46)(H,47,48)(H,49,50)(H4,32,33,37,38,44)/t16-,19+,20+,21+/m1/s1. The van der Waals surface area contributed by atoms with Crippen LogP contribution in [0, 0.1) is 5.92 Å². The van der Waals surface area contributed by atoms with Gasteiger partial charge in [-0.15, -0.1) is 0 Å². The number of hydrogen-bond donors (Lipinski definition) is 10. The van der Waals surface area contributed by atoms with Crippen LogP contribution in [0.5, 0.6) is 0 Å². The van der Waals surface area contributed by atoms with E-state index in [9.17, 15) is 48.6 Å². The van der Waals surface area contributed by atoms with Crippen molar-refractivity contribution in [1.82, 2.24) is 25.9 Å². The Hall–Kier alpha value is -6.01. The molecule has 0 saturated heterocycles. The summed E-state index contributed by atoms with van der Waals surface area (Å²) in [7, 11) is 0. The molecule has 0 unspecified atom stereocenters. The highest BCUT2D eigenvalue weighted by Gasteiger charge is 2.27. The Morgan fingerprint density at radius 3 is 1.84 bits per heavy atom. The molecule has 1 aliphatic rings. The van der Waals surface area contributed by atoms with Crippen LogP contribution in [0.4, 0.5) is 11.8 Å². The second-order valence-corrected chi connectivity index (χ2v) is 11.8. The summed E-state index contributed by atoms with van der Waals surface area (Å²) in [6.45, 7) is 0.610. The van der Waals surface area contributed by atoms with Crippen molar-refractivity contribution in [2.24, 2.45) is 5.92 Å². The van der Waals surface area contributed by atoms with E-state index in [1.807, 2.05) is 0 Å². The molecular weight excluding hydrogens is 662 g/mol. The molecule has 270 valence electrons. The van der Waals surface area contributed by atoms with Crippen molar-refractivity contribution in [3.05, 3.63) is 51.3 Å². The van der Waals surface area contributed by atoms with Crippen LogP contribution < -0.4 is 32.6 Å². The predicted molar refractivity (Wildman–Crippen MR) is 173 cm³/mol. The molecule has 0 fully saturated rings. The van der Waals surface area contributed by atoms with Crippen molar-refractivity contribution in [3.8, 4) is 0 Å². The number of nitrogens with two attached hydrogens (primary N) is 1. The molecule has 0 aliphatic carbocycles. The average Bonchev–Trinajstić information content (AvgIpc) is 3.05. The van der Waals surface area contributed by atoms with Crippen LogP contribution >= 0.6 is 0 Å². The normalized spacial score (nSPS) is 15.2. The molecule has 2 aromatic rings. The zero-order valence-electron chi connectivity index (χ0n) is 26.8. The highest BCUT2D eigenvalue weighted by atomic mass is 16.4. The molecule has 11 N–H and O–H groups in total. The monoisotopic (exact) mass is 701 g/mol. The number of nitrogen functional groups attached to an aromatic ring is 1. The lowest BCUT2D eigenvalue weighted by Gasteiger charge is -2.24. The number of carbonyl (C=O) groups excluding carboxylic acids is 3. The minimum atomic E-state index is -1.57. The number of hydrogen-bond acceptors (Lipinski definition) is 11. The van der Waals surface area contributed by atoms with Crippen molar-refractivity contribution >= 4 is 53.4 Å². The largest absolute Gasteiger partial charge is 0.481 e. The maximum absolute atomic E-state index is 12.8. The second-order valence-electron chi connectivity index (χ2n) is 11.8. The van der Waals surface area contributed by atoms with Crippen LogP contribution in [0.3, 0.4) is 0 Å². The van der Waals surface area contributed by atoms with Gasteiger partial charge in [-0.2, -0.15) is 4.98 Å². The fourth-order valence-electron chi connectivity index (χ4n) is 5.22. The molecule has 4 atom stereocenters. The Labute approximate surface area is 284 Å². The van der Waals surface area contributed by atoms with Crippen molar-refractivity contribution in [2.45, 2.75) is 75.9 Å². The topological polar surface area (TPSA) is 320 Å². The highest BCUT2D eigenvalue weighted by molar-refractivity contribution is 5.96. The third kappa shape index (κ3) is 11.9. The van der Waals surface area contributed by atoms with Gasteiger partial charge in [-0.05, 0) is 62.1 Å². The Morgan fingerprint density at radius 2 is 1.32 bits per heavy atom. The number of carbonyl (C=O) groups is 7. The number of aromatic nitrogens is 2. The van der Waals surface area contributed by atoms with E-state index in [1.54, 1.807) is 12.1 Å². The molecule has 1 aromatic carbocycles. The van der Waals surface area contributed by atoms with Gasteiger partial charge in [0, 0.05) is 31.4 Å². The van der Waals surface area contributed by atoms with Gasteiger partial charge >= 0.3 is 23.9 Å². The summed E-state index contributed by atoms with van der Waals surface area (Å²) in [6, 6.07) is 1.94. The molecule has 3 amide bonds. The van der Waals surface area contributed by atoms with Gasteiger partial charge in [0.15, 0.2) is 0 Å². The fourth-order valence-corrected chi connectivity index (χ4v) is 5.22. The molecule has 19 nitrogen and oxygen atoms in total. The third-order valence-electron chi connectivity index (χ3n) is 7.98. The van der Waals surface area contributed by atoms with Crippen molar-refractivity contribution in [2.75, 3.05) is 17.6 Å². The van der Waals surface area contributed by atoms with Gasteiger partial charge in [0.2, 0.25) is 17.8 Å². The summed E-state index contributed by atoms with van der Waals surface area (Å²) in [5, 5.41) is 46.7. The van der Waals surface area contributed by atoms with Crippen molar-refractivity contribution < 1.29 is 54.0 Å². The maximum Gasteiger partial charge on any atom is 0.326 e.